The van der Waals surface area contributed by atoms with Crippen molar-refractivity contribution in [1.82, 2.24) is 5.32 Å². The van der Waals surface area contributed by atoms with Crippen LogP contribution in [0.25, 0.3) is 10.8 Å². The molecular weight excluding hydrogens is 266 g/mol. The van der Waals surface area contributed by atoms with Crippen molar-refractivity contribution in [3.05, 3.63) is 42.5 Å². The molecule has 1 N–H and O–H groups in total. The highest BCUT2D eigenvalue weighted by atomic mass is 16.5. The molecule has 2 aromatic rings. The van der Waals surface area contributed by atoms with Gasteiger partial charge in [-0.05, 0) is 29.3 Å². The molecule has 0 unspecified atom stereocenters. The fourth-order valence-electron chi connectivity index (χ4n) is 2.12. The third kappa shape index (κ3) is 4.20. The lowest BCUT2D eigenvalue weighted by Crippen LogP contribution is -2.39. The summed E-state index contributed by atoms with van der Waals surface area (Å²) >= 11 is 0. The van der Waals surface area contributed by atoms with Crippen LogP contribution < -0.4 is 10.1 Å². The molecule has 0 bridgehead atoms. The zero-order valence-corrected chi connectivity index (χ0v) is 12.5. The second-order valence-corrected chi connectivity index (χ2v) is 4.81. The van der Waals surface area contributed by atoms with Crippen LogP contribution in [-0.4, -0.2) is 32.3 Å². The number of methoxy groups -OCH3 is 1. The minimum absolute atomic E-state index is 0.109. The average molecular weight is 287 g/mol. The van der Waals surface area contributed by atoms with Gasteiger partial charge in [-0.25, -0.2) is 0 Å². The molecule has 0 heterocycles. The highest BCUT2D eigenvalue weighted by molar-refractivity contribution is 5.84. The lowest BCUT2D eigenvalue weighted by molar-refractivity contribution is -0.128. The summed E-state index contributed by atoms with van der Waals surface area (Å²) in [4.78, 5) is 12.0. The topological polar surface area (TPSA) is 47.6 Å². The van der Waals surface area contributed by atoms with E-state index in [2.05, 4.69) is 5.32 Å². The van der Waals surface area contributed by atoms with Gasteiger partial charge in [-0.3, -0.25) is 4.79 Å². The Labute approximate surface area is 125 Å². The van der Waals surface area contributed by atoms with Crippen molar-refractivity contribution < 1.29 is 14.3 Å². The van der Waals surface area contributed by atoms with E-state index < -0.39 is 6.10 Å². The molecule has 0 aliphatic rings. The first kappa shape index (κ1) is 15.3. The SMILES string of the molecule is CC[C@@H](Oc1ccc2ccccc2c1)C(=O)NCCOC. The zero-order valence-electron chi connectivity index (χ0n) is 12.5. The number of carbonyl (C=O) groups excluding carboxylic acids is 1. The van der Waals surface area contributed by atoms with Crippen molar-refractivity contribution in [1.29, 1.82) is 0 Å². The van der Waals surface area contributed by atoms with Gasteiger partial charge in [0.05, 0.1) is 6.61 Å². The Bertz CT molecular complexity index is 597. The van der Waals surface area contributed by atoms with E-state index in [1.807, 2.05) is 49.4 Å². The summed E-state index contributed by atoms with van der Waals surface area (Å²) in [6.45, 7) is 2.92. The molecule has 4 heteroatoms. The van der Waals surface area contributed by atoms with Gasteiger partial charge < -0.3 is 14.8 Å². The van der Waals surface area contributed by atoms with Crippen molar-refractivity contribution in [2.45, 2.75) is 19.4 Å². The quantitative estimate of drug-likeness (QED) is 0.797. The van der Waals surface area contributed by atoms with E-state index in [0.717, 1.165) is 10.8 Å². The molecule has 1 amide bonds. The van der Waals surface area contributed by atoms with Gasteiger partial charge in [0.2, 0.25) is 0 Å². The molecule has 2 aromatic carbocycles. The highest BCUT2D eigenvalue weighted by Gasteiger charge is 2.17. The van der Waals surface area contributed by atoms with Gasteiger partial charge >= 0.3 is 0 Å². The maximum absolute atomic E-state index is 12.0. The van der Waals surface area contributed by atoms with Gasteiger partial charge in [-0.2, -0.15) is 0 Å². The molecule has 112 valence electrons. The fourth-order valence-corrected chi connectivity index (χ4v) is 2.12. The predicted molar refractivity (Wildman–Crippen MR) is 83.5 cm³/mol. The molecule has 2 rings (SSSR count). The summed E-state index contributed by atoms with van der Waals surface area (Å²) in [6, 6.07) is 13.9. The Morgan fingerprint density at radius 2 is 1.95 bits per heavy atom. The number of hydrogen-bond acceptors (Lipinski definition) is 3. The number of hydrogen-bond donors (Lipinski definition) is 1. The Kier molecular flexibility index (Phi) is 5.58. The fraction of sp³-hybridized carbons (Fsp3) is 0.353. The molecule has 1 atom stereocenters. The minimum Gasteiger partial charge on any atom is -0.481 e. The van der Waals surface area contributed by atoms with Crippen molar-refractivity contribution in [2.75, 3.05) is 20.3 Å². The summed E-state index contributed by atoms with van der Waals surface area (Å²) in [7, 11) is 1.61. The average Bonchev–Trinajstić information content (AvgIpc) is 2.52. The van der Waals surface area contributed by atoms with Crippen LogP contribution in [0.2, 0.25) is 0 Å². The van der Waals surface area contributed by atoms with E-state index in [-0.39, 0.29) is 5.91 Å². The number of benzene rings is 2. The number of fused-ring (bicyclic) bond motifs is 1. The molecule has 4 nitrogen and oxygen atoms in total. The van der Waals surface area contributed by atoms with Gasteiger partial charge in [0, 0.05) is 13.7 Å². The second kappa shape index (κ2) is 7.64. The van der Waals surface area contributed by atoms with E-state index in [0.29, 0.717) is 25.3 Å². The molecular formula is C17H21NO3. The van der Waals surface area contributed by atoms with Crippen molar-refractivity contribution >= 4 is 16.7 Å². The number of ether oxygens (including phenoxy) is 2. The smallest absolute Gasteiger partial charge is 0.261 e. The lowest BCUT2D eigenvalue weighted by Gasteiger charge is -2.17. The first-order chi connectivity index (χ1) is 10.2. The van der Waals surface area contributed by atoms with Crippen LogP contribution in [0.15, 0.2) is 42.5 Å². The van der Waals surface area contributed by atoms with Crippen LogP contribution in [0.5, 0.6) is 5.75 Å². The molecule has 0 aromatic heterocycles. The minimum atomic E-state index is -0.483. The Hall–Kier alpha value is -2.07. The van der Waals surface area contributed by atoms with Crippen molar-refractivity contribution in [3.8, 4) is 5.75 Å². The van der Waals surface area contributed by atoms with E-state index in [9.17, 15) is 4.79 Å². The van der Waals surface area contributed by atoms with Gasteiger partial charge in [-0.15, -0.1) is 0 Å². The van der Waals surface area contributed by atoms with Gasteiger partial charge in [0.15, 0.2) is 6.10 Å². The van der Waals surface area contributed by atoms with Crippen LogP contribution in [0.4, 0.5) is 0 Å². The lowest BCUT2D eigenvalue weighted by atomic mass is 10.1. The van der Waals surface area contributed by atoms with Gasteiger partial charge in [0.25, 0.3) is 5.91 Å². The summed E-state index contributed by atoms with van der Waals surface area (Å²) in [5.41, 5.74) is 0. The number of nitrogens with one attached hydrogen (secondary N) is 1. The summed E-state index contributed by atoms with van der Waals surface area (Å²) < 4.78 is 10.7. The molecule has 0 spiro atoms. The highest BCUT2D eigenvalue weighted by Crippen LogP contribution is 2.21. The predicted octanol–water partition coefficient (Wildman–Crippen LogP) is 2.76. The molecule has 0 saturated heterocycles. The van der Waals surface area contributed by atoms with Gasteiger partial charge in [-0.1, -0.05) is 37.3 Å². The summed E-state index contributed by atoms with van der Waals surface area (Å²) in [5.74, 6) is 0.602. The largest absolute Gasteiger partial charge is 0.481 e. The number of rotatable bonds is 7. The number of amides is 1. The van der Waals surface area contributed by atoms with Crippen molar-refractivity contribution in [3.63, 3.8) is 0 Å². The number of carbonyl (C=O) groups is 1. The summed E-state index contributed by atoms with van der Waals surface area (Å²) in [5, 5.41) is 5.06. The molecule has 0 saturated carbocycles. The molecule has 0 radical (unpaired) electrons. The molecule has 0 fully saturated rings. The third-order valence-corrected chi connectivity index (χ3v) is 3.27. The standard InChI is InChI=1S/C17H21NO3/c1-3-16(17(19)18-10-11-20-2)21-15-9-8-13-6-4-5-7-14(13)12-15/h4-9,12,16H,3,10-11H2,1-2H3,(H,18,19)/t16-/m1/s1. The first-order valence-electron chi connectivity index (χ1n) is 7.16. The Morgan fingerprint density at radius 3 is 2.67 bits per heavy atom. The normalized spacial score (nSPS) is 12.1. The Balaban J connectivity index is 2.04. The molecule has 21 heavy (non-hydrogen) atoms. The van der Waals surface area contributed by atoms with Crippen LogP contribution in [0, 0.1) is 0 Å². The zero-order chi connectivity index (χ0) is 15.1. The van der Waals surface area contributed by atoms with Gasteiger partial charge in [0.1, 0.15) is 5.75 Å². The molecule has 0 aliphatic heterocycles. The van der Waals surface area contributed by atoms with Crippen LogP contribution >= 0.6 is 0 Å². The first-order valence-corrected chi connectivity index (χ1v) is 7.16. The monoisotopic (exact) mass is 287 g/mol. The summed E-state index contributed by atoms with van der Waals surface area (Å²) in [6.07, 6.45) is 0.133. The van der Waals surface area contributed by atoms with Crippen LogP contribution in [0.3, 0.4) is 0 Å². The van der Waals surface area contributed by atoms with E-state index in [1.54, 1.807) is 7.11 Å². The van der Waals surface area contributed by atoms with Crippen LogP contribution in [-0.2, 0) is 9.53 Å². The Morgan fingerprint density at radius 1 is 1.19 bits per heavy atom. The molecule has 0 aliphatic carbocycles. The van der Waals surface area contributed by atoms with E-state index in [1.165, 1.54) is 0 Å². The van der Waals surface area contributed by atoms with Crippen LogP contribution in [0.1, 0.15) is 13.3 Å². The van der Waals surface area contributed by atoms with E-state index in [4.69, 9.17) is 9.47 Å². The van der Waals surface area contributed by atoms with Crippen molar-refractivity contribution in [2.24, 2.45) is 0 Å². The third-order valence-electron chi connectivity index (χ3n) is 3.27. The second-order valence-electron chi connectivity index (χ2n) is 4.81. The maximum atomic E-state index is 12.0. The van der Waals surface area contributed by atoms with E-state index >= 15 is 0 Å². The maximum Gasteiger partial charge on any atom is 0.261 e.